The van der Waals surface area contributed by atoms with E-state index in [4.69, 9.17) is 9.26 Å². The van der Waals surface area contributed by atoms with Gasteiger partial charge in [-0.2, -0.15) is 4.98 Å². The highest BCUT2D eigenvalue weighted by molar-refractivity contribution is 7.09. The van der Waals surface area contributed by atoms with E-state index >= 15 is 0 Å². The molecule has 0 bridgehead atoms. The Kier molecular flexibility index (Phi) is 5.15. The second-order valence-corrected chi connectivity index (χ2v) is 6.87. The molecule has 24 heavy (non-hydrogen) atoms. The van der Waals surface area contributed by atoms with Crippen LogP contribution in [0.4, 0.5) is 5.69 Å². The molecule has 0 aliphatic heterocycles. The van der Waals surface area contributed by atoms with E-state index in [2.05, 4.69) is 44.7 Å². The third-order valence-corrected chi connectivity index (χ3v) is 4.54. The first-order valence-corrected chi connectivity index (χ1v) is 8.77. The Bertz CT molecular complexity index is 751. The molecule has 0 unspecified atom stereocenters. The topological polar surface area (TPSA) is 51.4 Å². The predicted octanol–water partition coefficient (Wildman–Crippen LogP) is 4.47. The van der Waals surface area contributed by atoms with Gasteiger partial charge in [-0.15, -0.1) is 11.3 Å². The summed E-state index contributed by atoms with van der Waals surface area (Å²) in [5.74, 6) is 2.45. The lowest BCUT2D eigenvalue weighted by Gasteiger charge is -2.23. The molecule has 0 aliphatic carbocycles. The molecule has 3 aromatic rings. The molecule has 0 spiro atoms. The molecule has 1 aromatic carbocycles. The first-order chi connectivity index (χ1) is 11.7. The fraction of sp³-hybridized carbons (Fsp3) is 0.333. The average Bonchev–Trinajstić information content (AvgIpc) is 3.26. The van der Waals surface area contributed by atoms with Crippen molar-refractivity contribution in [2.45, 2.75) is 32.9 Å². The van der Waals surface area contributed by atoms with E-state index < -0.39 is 0 Å². The number of hydrogen-bond donors (Lipinski definition) is 0. The van der Waals surface area contributed by atoms with Crippen molar-refractivity contribution in [1.82, 2.24) is 10.1 Å². The van der Waals surface area contributed by atoms with E-state index in [-0.39, 0.29) is 5.92 Å². The highest BCUT2D eigenvalue weighted by Crippen LogP contribution is 2.24. The Hall–Kier alpha value is -2.34. The maximum atomic E-state index is 5.33. The third kappa shape index (κ3) is 3.94. The second-order valence-electron chi connectivity index (χ2n) is 5.84. The van der Waals surface area contributed by atoms with Crippen molar-refractivity contribution in [3.05, 3.63) is 58.4 Å². The van der Waals surface area contributed by atoms with E-state index in [1.807, 2.05) is 26.0 Å². The molecule has 0 N–H and O–H groups in total. The van der Waals surface area contributed by atoms with Crippen LogP contribution in [-0.2, 0) is 13.1 Å². The average molecular weight is 343 g/mol. The Morgan fingerprint density at radius 2 is 1.96 bits per heavy atom. The van der Waals surface area contributed by atoms with E-state index in [1.54, 1.807) is 18.4 Å². The molecule has 5 nitrogen and oxygen atoms in total. The highest BCUT2D eigenvalue weighted by Gasteiger charge is 2.15. The molecule has 0 radical (unpaired) electrons. The molecule has 0 amide bonds. The van der Waals surface area contributed by atoms with Crippen molar-refractivity contribution in [3.8, 4) is 5.75 Å². The molecule has 0 saturated heterocycles. The zero-order chi connectivity index (χ0) is 16.9. The normalized spacial score (nSPS) is 11.0. The van der Waals surface area contributed by atoms with Gasteiger partial charge < -0.3 is 14.2 Å². The lowest BCUT2D eigenvalue weighted by molar-refractivity contribution is 0.360. The Labute approximate surface area is 145 Å². The van der Waals surface area contributed by atoms with Gasteiger partial charge in [0, 0.05) is 16.5 Å². The third-order valence-electron chi connectivity index (χ3n) is 3.67. The van der Waals surface area contributed by atoms with Gasteiger partial charge in [0.2, 0.25) is 5.89 Å². The van der Waals surface area contributed by atoms with Gasteiger partial charge in [-0.25, -0.2) is 0 Å². The maximum absolute atomic E-state index is 5.33. The molecule has 3 rings (SSSR count). The predicted molar refractivity (Wildman–Crippen MR) is 95.6 cm³/mol. The summed E-state index contributed by atoms with van der Waals surface area (Å²) in [6.45, 7) is 5.49. The van der Waals surface area contributed by atoms with Gasteiger partial charge in [0.05, 0.1) is 20.2 Å². The van der Waals surface area contributed by atoms with E-state index in [1.165, 1.54) is 4.88 Å². The van der Waals surface area contributed by atoms with E-state index in [0.717, 1.165) is 18.0 Å². The van der Waals surface area contributed by atoms with Gasteiger partial charge in [0.1, 0.15) is 5.75 Å². The van der Waals surface area contributed by atoms with Gasteiger partial charge >= 0.3 is 0 Å². The molecule has 2 aromatic heterocycles. The first-order valence-electron chi connectivity index (χ1n) is 7.89. The van der Waals surface area contributed by atoms with Crippen molar-refractivity contribution in [2.24, 2.45) is 0 Å². The second kappa shape index (κ2) is 7.49. The Balaban J connectivity index is 1.82. The monoisotopic (exact) mass is 343 g/mol. The number of rotatable bonds is 7. The number of methoxy groups -OCH3 is 1. The maximum Gasteiger partial charge on any atom is 0.229 e. The van der Waals surface area contributed by atoms with Gasteiger partial charge in [-0.3, -0.25) is 0 Å². The van der Waals surface area contributed by atoms with Crippen LogP contribution in [0, 0.1) is 0 Å². The molecule has 6 heteroatoms. The Morgan fingerprint density at radius 1 is 1.17 bits per heavy atom. The van der Waals surface area contributed by atoms with Crippen molar-refractivity contribution < 1.29 is 9.26 Å². The van der Waals surface area contributed by atoms with Gasteiger partial charge in [0.25, 0.3) is 0 Å². The summed E-state index contributed by atoms with van der Waals surface area (Å²) in [7, 11) is 1.67. The minimum Gasteiger partial charge on any atom is -0.497 e. The van der Waals surface area contributed by atoms with Crippen LogP contribution in [0.3, 0.4) is 0 Å². The quantitative estimate of drug-likeness (QED) is 0.633. The first kappa shape index (κ1) is 16.5. The largest absolute Gasteiger partial charge is 0.497 e. The smallest absolute Gasteiger partial charge is 0.229 e. The zero-order valence-corrected chi connectivity index (χ0v) is 14.9. The summed E-state index contributed by atoms with van der Waals surface area (Å²) >= 11 is 1.74. The van der Waals surface area contributed by atoms with E-state index in [9.17, 15) is 0 Å². The van der Waals surface area contributed by atoms with Crippen LogP contribution in [0.25, 0.3) is 0 Å². The number of anilines is 1. The fourth-order valence-electron chi connectivity index (χ4n) is 2.36. The summed E-state index contributed by atoms with van der Waals surface area (Å²) in [5, 5.41) is 6.21. The summed E-state index contributed by atoms with van der Waals surface area (Å²) in [4.78, 5) is 8.02. The van der Waals surface area contributed by atoms with Crippen LogP contribution in [0.2, 0.25) is 0 Å². The van der Waals surface area contributed by atoms with Crippen LogP contribution in [0.15, 0.2) is 46.3 Å². The number of thiophene rings is 1. The number of benzene rings is 1. The number of ether oxygens (including phenoxy) is 1. The van der Waals surface area contributed by atoms with Crippen molar-refractivity contribution in [2.75, 3.05) is 12.0 Å². The molecule has 0 aliphatic rings. The molecule has 0 saturated carbocycles. The van der Waals surface area contributed by atoms with Crippen LogP contribution >= 0.6 is 11.3 Å². The highest BCUT2D eigenvalue weighted by atomic mass is 32.1. The van der Waals surface area contributed by atoms with Gasteiger partial charge in [0.15, 0.2) is 5.82 Å². The van der Waals surface area contributed by atoms with Crippen molar-refractivity contribution in [1.29, 1.82) is 0 Å². The van der Waals surface area contributed by atoms with Crippen LogP contribution < -0.4 is 9.64 Å². The molecule has 126 valence electrons. The van der Waals surface area contributed by atoms with Crippen molar-refractivity contribution >= 4 is 17.0 Å². The number of hydrogen-bond acceptors (Lipinski definition) is 6. The number of nitrogens with zero attached hydrogens (tertiary/aromatic N) is 3. The zero-order valence-electron chi connectivity index (χ0n) is 14.1. The Morgan fingerprint density at radius 3 is 2.54 bits per heavy atom. The summed E-state index contributed by atoms with van der Waals surface area (Å²) in [6.07, 6.45) is 0. The summed E-state index contributed by atoms with van der Waals surface area (Å²) in [6, 6.07) is 12.2. The minimum absolute atomic E-state index is 0.234. The van der Waals surface area contributed by atoms with Crippen LogP contribution in [0.1, 0.15) is 36.4 Å². The van der Waals surface area contributed by atoms with Crippen LogP contribution in [-0.4, -0.2) is 17.3 Å². The molecule has 0 fully saturated rings. The summed E-state index contributed by atoms with van der Waals surface area (Å²) < 4.78 is 10.6. The van der Waals surface area contributed by atoms with Crippen LogP contribution in [0.5, 0.6) is 5.75 Å². The molecular weight excluding hydrogens is 322 g/mol. The fourth-order valence-corrected chi connectivity index (χ4v) is 3.08. The number of aromatic nitrogens is 2. The van der Waals surface area contributed by atoms with E-state index in [0.29, 0.717) is 18.3 Å². The lowest BCUT2D eigenvalue weighted by atomic mass is 10.2. The minimum atomic E-state index is 0.234. The SMILES string of the molecule is COc1ccc(N(Cc2noc(C(C)C)n2)Cc2cccs2)cc1. The molecule has 2 heterocycles. The summed E-state index contributed by atoms with van der Waals surface area (Å²) in [5.41, 5.74) is 1.10. The standard InChI is InChI=1S/C18H21N3O2S/c1-13(2)18-19-17(20-23-18)12-21(11-16-5-4-10-24-16)14-6-8-15(22-3)9-7-14/h4-10,13H,11-12H2,1-3H3. The van der Waals surface area contributed by atoms with Gasteiger partial charge in [-0.05, 0) is 35.7 Å². The van der Waals surface area contributed by atoms with Gasteiger partial charge in [-0.1, -0.05) is 25.1 Å². The van der Waals surface area contributed by atoms with Crippen molar-refractivity contribution in [3.63, 3.8) is 0 Å². The molecule has 0 atom stereocenters. The lowest BCUT2D eigenvalue weighted by Crippen LogP contribution is -2.22. The molecular formula is C18H21N3O2S.